The molecule has 14 heavy (non-hydrogen) atoms. The third-order valence-electron chi connectivity index (χ3n) is 2.50. The Bertz CT molecular complexity index is 237. The molecule has 0 aromatic heterocycles. The second-order valence-electron chi connectivity index (χ2n) is 3.35. The Morgan fingerprint density at radius 2 is 1.71 bits per heavy atom. The number of nitrogens with zero attached hydrogens (tertiary/aromatic N) is 1. The summed E-state index contributed by atoms with van der Waals surface area (Å²) in [7, 11) is -3.23. The highest BCUT2D eigenvalue weighted by Crippen LogP contribution is 2.13. The van der Waals surface area contributed by atoms with Crippen molar-refractivity contribution in [2.75, 3.05) is 18.3 Å². The van der Waals surface area contributed by atoms with Crippen molar-refractivity contribution in [1.82, 2.24) is 4.31 Å². The third kappa shape index (κ3) is 4.15. The van der Waals surface area contributed by atoms with Gasteiger partial charge in [-0.05, 0) is 5.92 Å². The quantitative estimate of drug-likeness (QED) is 0.642. The van der Waals surface area contributed by atoms with Crippen LogP contribution in [0.1, 0.15) is 33.6 Å². The molecule has 5 heteroatoms. The Hall–Kier alpha value is 0.200. The molecule has 0 heterocycles. The maximum absolute atomic E-state index is 11.5. The van der Waals surface area contributed by atoms with Crippen LogP contribution in [0, 0.1) is 5.92 Å². The predicted octanol–water partition coefficient (Wildman–Crippen LogP) is 2.27. The molecular weight excluding hydrogens is 222 g/mol. The van der Waals surface area contributed by atoms with Crippen LogP contribution in [0.2, 0.25) is 0 Å². The summed E-state index contributed by atoms with van der Waals surface area (Å²) >= 11 is 5.41. The van der Waals surface area contributed by atoms with Gasteiger partial charge in [0, 0.05) is 13.1 Å². The lowest BCUT2D eigenvalue weighted by Gasteiger charge is -2.23. The average Bonchev–Trinajstić information content (AvgIpc) is 2.19. The summed E-state index contributed by atoms with van der Waals surface area (Å²) in [6, 6.07) is 0. The number of halogens is 1. The van der Waals surface area contributed by atoms with Gasteiger partial charge in [-0.3, -0.25) is 0 Å². The fourth-order valence-corrected chi connectivity index (χ4v) is 2.73. The number of hydrogen-bond acceptors (Lipinski definition) is 2. The van der Waals surface area contributed by atoms with E-state index in [1.807, 2.05) is 6.92 Å². The topological polar surface area (TPSA) is 37.4 Å². The zero-order valence-electron chi connectivity index (χ0n) is 9.16. The van der Waals surface area contributed by atoms with Gasteiger partial charge in [-0.2, -0.15) is 0 Å². The fraction of sp³-hybridized carbons (Fsp3) is 1.00. The number of rotatable bonds is 7. The van der Waals surface area contributed by atoms with Crippen LogP contribution in [0.25, 0.3) is 0 Å². The Morgan fingerprint density at radius 1 is 1.21 bits per heavy atom. The van der Waals surface area contributed by atoms with Crippen molar-refractivity contribution in [3.8, 4) is 0 Å². The third-order valence-corrected chi connectivity index (χ3v) is 4.80. The van der Waals surface area contributed by atoms with Crippen molar-refractivity contribution >= 4 is 21.6 Å². The molecule has 0 aromatic carbocycles. The lowest BCUT2D eigenvalue weighted by Crippen LogP contribution is -2.35. The first kappa shape index (κ1) is 14.2. The molecule has 0 aromatic rings. The lowest BCUT2D eigenvalue weighted by atomic mass is 10.0. The van der Waals surface area contributed by atoms with Crippen molar-refractivity contribution in [3.63, 3.8) is 0 Å². The highest BCUT2D eigenvalue weighted by Gasteiger charge is 2.21. The molecule has 0 bridgehead atoms. The Labute approximate surface area is 92.5 Å². The fourth-order valence-electron chi connectivity index (χ4n) is 1.34. The largest absolute Gasteiger partial charge is 0.228 e. The molecule has 0 atom stereocenters. The molecule has 0 fully saturated rings. The van der Waals surface area contributed by atoms with Crippen molar-refractivity contribution in [1.29, 1.82) is 0 Å². The first-order chi connectivity index (χ1) is 6.51. The monoisotopic (exact) mass is 241 g/mol. The summed E-state index contributed by atoms with van der Waals surface area (Å²) in [5, 5.41) is -0.318. The van der Waals surface area contributed by atoms with E-state index in [1.54, 1.807) is 0 Å². The first-order valence-electron chi connectivity index (χ1n) is 5.05. The molecule has 0 saturated carbocycles. The normalized spacial score (nSPS) is 12.7. The van der Waals surface area contributed by atoms with E-state index in [-0.39, 0.29) is 5.21 Å². The van der Waals surface area contributed by atoms with Crippen LogP contribution in [-0.2, 0) is 10.0 Å². The van der Waals surface area contributed by atoms with Gasteiger partial charge in [0.15, 0.2) is 0 Å². The van der Waals surface area contributed by atoms with Crippen molar-refractivity contribution in [2.24, 2.45) is 5.92 Å². The molecule has 0 aliphatic carbocycles. The molecule has 0 radical (unpaired) electrons. The summed E-state index contributed by atoms with van der Waals surface area (Å²) in [4.78, 5) is 0. The lowest BCUT2D eigenvalue weighted by molar-refractivity contribution is 0.340. The van der Waals surface area contributed by atoms with Gasteiger partial charge in [0.1, 0.15) is 5.21 Å². The van der Waals surface area contributed by atoms with Crippen molar-refractivity contribution in [3.05, 3.63) is 0 Å². The molecular formula is C9H20ClNO2S. The Balaban J connectivity index is 4.43. The molecule has 86 valence electrons. The molecule has 0 amide bonds. The van der Waals surface area contributed by atoms with E-state index >= 15 is 0 Å². The van der Waals surface area contributed by atoms with Crippen LogP contribution in [0.15, 0.2) is 0 Å². The highest BCUT2D eigenvalue weighted by atomic mass is 35.5. The summed E-state index contributed by atoms with van der Waals surface area (Å²) in [5.41, 5.74) is 0. The van der Waals surface area contributed by atoms with Crippen LogP contribution in [-0.4, -0.2) is 31.0 Å². The van der Waals surface area contributed by atoms with E-state index in [0.717, 1.165) is 12.8 Å². The SMILES string of the molecule is CCC(CC)CN(CC)S(=O)(=O)CCl. The van der Waals surface area contributed by atoms with Crippen LogP contribution >= 0.6 is 11.6 Å². The number of sulfonamides is 1. The molecule has 0 aliphatic rings. The molecule has 0 rings (SSSR count). The maximum Gasteiger partial charge on any atom is 0.228 e. The van der Waals surface area contributed by atoms with Gasteiger partial charge in [-0.1, -0.05) is 33.6 Å². The van der Waals surface area contributed by atoms with Gasteiger partial charge in [-0.15, -0.1) is 11.6 Å². The Kier molecular flexibility index (Phi) is 6.74. The van der Waals surface area contributed by atoms with Gasteiger partial charge in [0.25, 0.3) is 0 Å². The first-order valence-corrected chi connectivity index (χ1v) is 7.19. The van der Waals surface area contributed by atoms with Crippen LogP contribution < -0.4 is 0 Å². The molecule has 0 N–H and O–H groups in total. The predicted molar refractivity (Wildman–Crippen MR) is 61.0 cm³/mol. The van der Waals surface area contributed by atoms with Gasteiger partial charge >= 0.3 is 0 Å². The molecule has 0 unspecified atom stereocenters. The highest BCUT2D eigenvalue weighted by molar-refractivity contribution is 7.90. The van der Waals surface area contributed by atoms with E-state index in [4.69, 9.17) is 11.6 Å². The van der Waals surface area contributed by atoms with E-state index in [9.17, 15) is 8.42 Å². The number of hydrogen-bond donors (Lipinski definition) is 0. The number of alkyl halides is 1. The smallest absolute Gasteiger partial charge is 0.211 e. The maximum atomic E-state index is 11.5. The minimum absolute atomic E-state index is 0.318. The molecule has 3 nitrogen and oxygen atoms in total. The van der Waals surface area contributed by atoms with Crippen LogP contribution in [0.5, 0.6) is 0 Å². The van der Waals surface area contributed by atoms with Crippen molar-refractivity contribution in [2.45, 2.75) is 33.6 Å². The van der Waals surface area contributed by atoms with E-state index in [1.165, 1.54) is 4.31 Å². The summed E-state index contributed by atoms with van der Waals surface area (Å²) in [6.07, 6.45) is 2.01. The van der Waals surface area contributed by atoms with Crippen LogP contribution in [0.3, 0.4) is 0 Å². The van der Waals surface area contributed by atoms with E-state index in [2.05, 4.69) is 13.8 Å². The molecule has 0 saturated heterocycles. The van der Waals surface area contributed by atoms with E-state index < -0.39 is 10.0 Å². The molecule has 0 aliphatic heterocycles. The second kappa shape index (κ2) is 6.64. The minimum atomic E-state index is -3.23. The average molecular weight is 242 g/mol. The standard InChI is InChI=1S/C9H20ClNO2S/c1-4-9(5-2)7-11(6-3)14(12,13)8-10/h9H,4-8H2,1-3H3. The zero-order chi connectivity index (χ0) is 11.2. The van der Waals surface area contributed by atoms with Gasteiger partial charge in [0.2, 0.25) is 10.0 Å². The van der Waals surface area contributed by atoms with Gasteiger partial charge in [-0.25, -0.2) is 12.7 Å². The molecule has 0 spiro atoms. The Morgan fingerprint density at radius 3 is 2.00 bits per heavy atom. The zero-order valence-corrected chi connectivity index (χ0v) is 10.7. The summed E-state index contributed by atoms with van der Waals surface area (Å²) in [5.74, 6) is 0.438. The second-order valence-corrected chi connectivity index (χ2v) is 5.91. The van der Waals surface area contributed by atoms with Crippen molar-refractivity contribution < 1.29 is 8.42 Å². The summed E-state index contributed by atoms with van der Waals surface area (Å²) in [6.45, 7) is 7.10. The van der Waals surface area contributed by atoms with Crippen LogP contribution in [0.4, 0.5) is 0 Å². The minimum Gasteiger partial charge on any atom is -0.211 e. The van der Waals surface area contributed by atoms with Gasteiger partial charge < -0.3 is 0 Å². The summed E-state index contributed by atoms with van der Waals surface area (Å²) < 4.78 is 24.5. The van der Waals surface area contributed by atoms with E-state index in [0.29, 0.717) is 19.0 Å². The van der Waals surface area contributed by atoms with Gasteiger partial charge in [0.05, 0.1) is 0 Å².